The van der Waals surface area contributed by atoms with E-state index in [1.807, 2.05) is 6.07 Å². The molecule has 1 aromatic carbocycles. The molecule has 2 aromatic rings. The molecule has 1 aliphatic heterocycles. The number of rotatable bonds is 2. The second-order valence-electron chi connectivity index (χ2n) is 4.78. The third kappa shape index (κ3) is 2.02. The van der Waals surface area contributed by atoms with Gasteiger partial charge in [0.05, 0.1) is 18.0 Å². The number of aromatic hydroxyl groups is 1. The molecular formula is C14H16N2O4. The first-order valence-electron chi connectivity index (χ1n) is 6.62. The number of fused-ring (bicyclic) bond motifs is 1. The number of esters is 1. The molecule has 0 spiro atoms. The van der Waals surface area contributed by atoms with Crippen LogP contribution in [0.5, 0.6) is 5.75 Å². The van der Waals surface area contributed by atoms with Crippen molar-refractivity contribution in [1.29, 1.82) is 0 Å². The smallest absolute Gasteiger partial charge is 0.359 e. The van der Waals surface area contributed by atoms with E-state index < -0.39 is 5.97 Å². The molecule has 1 aromatic heterocycles. The fourth-order valence-electron chi connectivity index (χ4n) is 2.55. The van der Waals surface area contributed by atoms with Gasteiger partial charge in [-0.15, -0.1) is 0 Å². The maximum absolute atomic E-state index is 11.8. The fourth-order valence-corrected chi connectivity index (χ4v) is 2.55. The number of hydrogen-bond donors (Lipinski definition) is 1. The van der Waals surface area contributed by atoms with Crippen molar-refractivity contribution in [2.45, 2.75) is 25.5 Å². The lowest BCUT2D eigenvalue weighted by atomic mass is 10.1. The van der Waals surface area contributed by atoms with Crippen LogP contribution in [-0.4, -0.2) is 34.6 Å². The van der Waals surface area contributed by atoms with Gasteiger partial charge in [-0.2, -0.15) is 5.10 Å². The van der Waals surface area contributed by atoms with Crippen LogP contribution in [0.4, 0.5) is 0 Å². The Morgan fingerprint density at radius 1 is 1.50 bits per heavy atom. The van der Waals surface area contributed by atoms with Gasteiger partial charge >= 0.3 is 5.97 Å². The topological polar surface area (TPSA) is 73.6 Å². The molecule has 2 heterocycles. The van der Waals surface area contributed by atoms with E-state index >= 15 is 0 Å². The van der Waals surface area contributed by atoms with Crippen LogP contribution in [0, 0.1) is 0 Å². The summed E-state index contributed by atoms with van der Waals surface area (Å²) in [6.07, 6.45) is 2.72. The van der Waals surface area contributed by atoms with Crippen LogP contribution in [0.25, 0.3) is 10.9 Å². The summed E-state index contributed by atoms with van der Waals surface area (Å²) in [5.41, 5.74) is 0.798. The Kier molecular flexibility index (Phi) is 3.31. The molecule has 20 heavy (non-hydrogen) atoms. The largest absolute Gasteiger partial charge is 0.507 e. The van der Waals surface area contributed by atoms with Crippen molar-refractivity contribution in [1.82, 2.24) is 9.78 Å². The summed E-state index contributed by atoms with van der Waals surface area (Å²) in [5.74, 6) is -0.545. The van der Waals surface area contributed by atoms with Gasteiger partial charge in [0.2, 0.25) is 0 Å². The van der Waals surface area contributed by atoms with E-state index in [1.54, 1.807) is 10.7 Å². The summed E-state index contributed by atoms with van der Waals surface area (Å²) in [6.45, 7) is 0.679. The monoisotopic (exact) mass is 276 g/mol. The Balaban J connectivity index is 2.17. The maximum atomic E-state index is 11.8. The number of methoxy groups -OCH3 is 1. The van der Waals surface area contributed by atoms with E-state index in [1.165, 1.54) is 13.2 Å². The van der Waals surface area contributed by atoms with Crippen LogP contribution in [0.3, 0.4) is 0 Å². The minimum atomic E-state index is -0.564. The predicted molar refractivity (Wildman–Crippen MR) is 71.6 cm³/mol. The van der Waals surface area contributed by atoms with Crippen LogP contribution in [0.1, 0.15) is 36.0 Å². The van der Waals surface area contributed by atoms with Crippen molar-refractivity contribution < 1.29 is 19.4 Å². The summed E-state index contributed by atoms with van der Waals surface area (Å²) in [6, 6.07) is 5.06. The van der Waals surface area contributed by atoms with Crippen molar-refractivity contribution in [3.8, 4) is 5.75 Å². The Morgan fingerprint density at radius 2 is 2.35 bits per heavy atom. The zero-order valence-electron chi connectivity index (χ0n) is 11.2. The molecule has 6 heteroatoms. The lowest BCUT2D eigenvalue weighted by molar-refractivity contribution is -0.0369. The Labute approximate surface area is 115 Å². The third-order valence-electron chi connectivity index (χ3n) is 3.52. The number of nitrogens with zero attached hydrogens (tertiary/aromatic N) is 2. The molecular weight excluding hydrogens is 260 g/mol. The molecule has 0 radical (unpaired) electrons. The Hall–Kier alpha value is -2.08. The second kappa shape index (κ2) is 5.13. The summed E-state index contributed by atoms with van der Waals surface area (Å²) in [7, 11) is 1.30. The molecule has 1 unspecified atom stereocenters. The fraction of sp³-hybridized carbons (Fsp3) is 0.429. The molecule has 106 valence electrons. The lowest BCUT2D eigenvalue weighted by Gasteiger charge is -2.23. The van der Waals surface area contributed by atoms with Gasteiger partial charge in [-0.1, -0.05) is 6.07 Å². The first-order valence-corrected chi connectivity index (χ1v) is 6.62. The number of phenols is 1. The van der Waals surface area contributed by atoms with Gasteiger partial charge in [0.1, 0.15) is 5.75 Å². The molecule has 0 aliphatic carbocycles. The summed E-state index contributed by atoms with van der Waals surface area (Å²) >= 11 is 0. The van der Waals surface area contributed by atoms with Gasteiger partial charge in [0.25, 0.3) is 0 Å². The quantitative estimate of drug-likeness (QED) is 0.851. The highest BCUT2D eigenvalue weighted by Crippen LogP contribution is 2.32. The van der Waals surface area contributed by atoms with Crippen LogP contribution < -0.4 is 0 Å². The van der Waals surface area contributed by atoms with Gasteiger partial charge in [-0.05, 0) is 31.4 Å². The Morgan fingerprint density at radius 3 is 3.05 bits per heavy atom. The van der Waals surface area contributed by atoms with Gasteiger partial charge < -0.3 is 14.6 Å². The van der Waals surface area contributed by atoms with Gasteiger partial charge in [-0.3, -0.25) is 0 Å². The van der Waals surface area contributed by atoms with E-state index in [2.05, 4.69) is 5.10 Å². The molecule has 1 atom stereocenters. The van der Waals surface area contributed by atoms with Gasteiger partial charge in [0.15, 0.2) is 11.9 Å². The molecule has 6 nitrogen and oxygen atoms in total. The SMILES string of the molecule is COC(=O)c1nn(C2CCCCO2)c2cccc(O)c12. The van der Waals surface area contributed by atoms with Gasteiger partial charge in [-0.25, -0.2) is 9.48 Å². The molecule has 1 aliphatic rings. The third-order valence-corrected chi connectivity index (χ3v) is 3.52. The average Bonchev–Trinajstić information content (AvgIpc) is 2.88. The zero-order chi connectivity index (χ0) is 14.1. The average molecular weight is 276 g/mol. The van der Waals surface area contributed by atoms with Crippen LogP contribution in [0.2, 0.25) is 0 Å². The van der Waals surface area contributed by atoms with Crippen molar-refractivity contribution in [3.63, 3.8) is 0 Å². The normalized spacial score (nSPS) is 19.1. The number of phenolic OH excluding ortho intramolecular Hbond substituents is 1. The summed E-state index contributed by atoms with van der Waals surface area (Å²) in [5, 5.41) is 14.7. The first kappa shape index (κ1) is 12.9. The second-order valence-corrected chi connectivity index (χ2v) is 4.78. The maximum Gasteiger partial charge on any atom is 0.359 e. The number of benzene rings is 1. The molecule has 1 saturated heterocycles. The zero-order valence-corrected chi connectivity index (χ0v) is 11.2. The highest BCUT2D eigenvalue weighted by molar-refractivity contribution is 6.04. The predicted octanol–water partition coefficient (Wildman–Crippen LogP) is 2.23. The van der Waals surface area contributed by atoms with E-state index in [0.29, 0.717) is 17.5 Å². The van der Waals surface area contributed by atoms with E-state index in [9.17, 15) is 9.90 Å². The highest BCUT2D eigenvalue weighted by atomic mass is 16.5. The van der Waals surface area contributed by atoms with Crippen LogP contribution >= 0.6 is 0 Å². The molecule has 0 saturated carbocycles. The summed E-state index contributed by atoms with van der Waals surface area (Å²) < 4.78 is 12.1. The molecule has 1 N–H and O–H groups in total. The standard InChI is InChI=1S/C14H16N2O4/c1-19-14(18)13-12-9(5-4-6-10(12)17)16(15-13)11-7-2-3-8-20-11/h4-6,11,17H,2-3,7-8H2,1H3. The highest BCUT2D eigenvalue weighted by Gasteiger charge is 2.25. The number of aromatic nitrogens is 2. The minimum absolute atomic E-state index is 0.0185. The van der Waals surface area contributed by atoms with Crippen molar-refractivity contribution in [3.05, 3.63) is 23.9 Å². The summed E-state index contributed by atoms with van der Waals surface area (Å²) in [4.78, 5) is 11.8. The minimum Gasteiger partial charge on any atom is -0.507 e. The first-order chi connectivity index (χ1) is 9.72. The van der Waals surface area contributed by atoms with Crippen LogP contribution in [0.15, 0.2) is 18.2 Å². The van der Waals surface area contributed by atoms with E-state index in [-0.39, 0.29) is 17.7 Å². The van der Waals surface area contributed by atoms with Crippen molar-refractivity contribution in [2.75, 3.05) is 13.7 Å². The van der Waals surface area contributed by atoms with Crippen molar-refractivity contribution in [2.24, 2.45) is 0 Å². The van der Waals surface area contributed by atoms with E-state index in [4.69, 9.17) is 9.47 Å². The lowest BCUT2D eigenvalue weighted by Crippen LogP contribution is -2.19. The number of hydrogen-bond acceptors (Lipinski definition) is 5. The number of carbonyl (C=O) groups is 1. The molecule has 0 amide bonds. The number of carbonyl (C=O) groups excluding carboxylic acids is 1. The van der Waals surface area contributed by atoms with Gasteiger partial charge in [0, 0.05) is 6.61 Å². The Bertz CT molecular complexity index is 644. The molecule has 1 fully saturated rings. The molecule has 0 bridgehead atoms. The number of ether oxygens (including phenoxy) is 2. The van der Waals surface area contributed by atoms with Crippen molar-refractivity contribution >= 4 is 16.9 Å². The molecule has 3 rings (SSSR count). The van der Waals surface area contributed by atoms with E-state index in [0.717, 1.165) is 19.3 Å². The van der Waals surface area contributed by atoms with Crippen LogP contribution in [-0.2, 0) is 9.47 Å².